The predicted octanol–water partition coefficient (Wildman–Crippen LogP) is 7.76. The van der Waals surface area contributed by atoms with Crippen molar-refractivity contribution in [1.29, 1.82) is 0 Å². The lowest BCUT2D eigenvalue weighted by atomic mass is 10.0. The highest BCUT2D eigenvalue weighted by molar-refractivity contribution is 7.16. The van der Waals surface area contributed by atoms with Gasteiger partial charge >= 0.3 is 0 Å². The maximum atomic E-state index is 15.8. The van der Waals surface area contributed by atoms with Gasteiger partial charge in [0.25, 0.3) is 0 Å². The van der Waals surface area contributed by atoms with Crippen LogP contribution in [-0.4, -0.2) is 35.5 Å². The Hall–Kier alpha value is -4.25. The van der Waals surface area contributed by atoms with Gasteiger partial charge in [-0.2, -0.15) is 0 Å². The van der Waals surface area contributed by atoms with Crippen LogP contribution in [0, 0.1) is 25.6 Å². The molecule has 0 aliphatic carbocycles. The Morgan fingerprint density at radius 1 is 1.20 bits per heavy atom. The number of hydrogen-bond donors (Lipinski definition) is 2. The fraction of sp³-hybridized carbons (Fsp3) is 0.212. The van der Waals surface area contributed by atoms with Crippen LogP contribution >= 0.6 is 11.3 Å². The lowest BCUT2D eigenvalue weighted by molar-refractivity contribution is 0.449. The van der Waals surface area contributed by atoms with Gasteiger partial charge in [-0.15, -0.1) is 24.2 Å². The van der Waals surface area contributed by atoms with E-state index in [1.54, 1.807) is 23.6 Å². The summed E-state index contributed by atoms with van der Waals surface area (Å²) in [4.78, 5) is 13.0. The van der Waals surface area contributed by atoms with Crippen molar-refractivity contribution in [3.63, 3.8) is 0 Å². The van der Waals surface area contributed by atoms with Crippen molar-refractivity contribution in [2.24, 2.45) is 0 Å². The van der Waals surface area contributed by atoms with Crippen LogP contribution in [-0.2, 0) is 6.42 Å². The highest BCUT2D eigenvalue weighted by Gasteiger charge is 2.18. The molecule has 7 heteroatoms. The van der Waals surface area contributed by atoms with Gasteiger partial charge in [0.15, 0.2) is 5.82 Å². The van der Waals surface area contributed by atoms with Gasteiger partial charge in [0, 0.05) is 45.7 Å². The Morgan fingerprint density at radius 2 is 1.90 bits per heavy atom. The Balaban J connectivity index is 0.00000274. The zero-order valence-electron chi connectivity index (χ0n) is 24.0. The minimum absolute atomic E-state index is 0.197. The summed E-state index contributed by atoms with van der Waals surface area (Å²) < 4.78 is 15.8. The molecule has 3 rings (SSSR count). The number of nitrogen functional groups attached to an aromatic ring is 1. The van der Waals surface area contributed by atoms with Crippen molar-refractivity contribution in [2.45, 2.75) is 27.2 Å². The fourth-order valence-electron chi connectivity index (χ4n) is 4.00. The first kappa shape index (κ1) is 32.0. The van der Waals surface area contributed by atoms with Crippen LogP contribution < -0.4 is 11.1 Å². The van der Waals surface area contributed by atoms with Crippen LogP contribution in [0.1, 0.15) is 35.5 Å². The summed E-state index contributed by atoms with van der Waals surface area (Å²) in [5.74, 6) is -0.458. The minimum Gasteiger partial charge on any atom is -0.397 e. The van der Waals surface area contributed by atoms with Gasteiger partial charge in [-0.1, -0.05) is 31.9 Å². The number of halogens is 1. The zero-order chi connectivity index (χ0) is 30.0. The van der Waals surface area contributed by atoms with E-state index in [0.717, 1.165) is 37.7 Å². The average Bonchev–Trinajstić information content (AvgIpc) is 3.42. The van der Waals surface area contributed by atoms with E-state index in [9.17, 15) is 0 Å². The Bertz CT molecular complexity index is 1470. The number of pyridine rings is 2. The van der Waals surface area contributed by atoms with E-state index in [1.807, 2.05) is 58.1 Å². The van der Waals surface area contributed by atoms with Crippen molar-refractivity contribution < 1.29 is 4.39 Å². The largest absolute Gasteiger partial charge is 0.397 e. The first-order chi connectivity index (χ1) is 19.0. The molecule has 3 aromatic heterocycles. The van der Waals surface area contributed by atoms with Crippen LogP contribution in [0.3, 0.4) is 0 Å². The van der Waals surface area contributed by atoms with Crippen LogP contribution in [0.2, 0.25) is 0 Å². The molecule has 3 N–H and O–H groups in total. The van der Waals surface area contributed by atoms with Crippen LogP contribution in [0.4, 0.5) is 15.8 Å². The molecule has 0 spiro atoms. The Labute approximate surface area is 242 Å². The molecule has 0 aliphatic heterocycles. The number of likely N-dealkylation sites (N-methyl/N-ethyl adjacent to an activating group) is 1. The number of allylic oxidation sites excluding steroid dienone is 5. The van der Waals surface area contributed by atoms with Crippen molar-refractivity contribution in [3.05, 3.63) is 107 Å². The molecular formula is C33H38FN5S. The number of nitrogens with one attached hydrogen (secondary N) is 1. The molecule has 0 amide bonds. The lowest BCUT2D eigenvalue weighted by Crippen LogP contribution is -2.14. The van der Waals surface area contributed by atoms with Gasteiger partial charge in [-0.3, -0.25) is 9.97 Å². The molecule has 5 nitrogen and oxygen atoms in total. The third kappa shape index (κ3) is 7.89. The van der Waals surface area contributed by atoms with Gasteiger partial charge in [-0.25, -0.2) is 4.39 Å². The number of terminal acetylenes is 1. The lowest BCUT2D eigenvalue weighted by Gasteiger charge is -2.17. The average molecular weight is 556 g/mol. The van der Waals surface area contributed by atoms with Crippen molar-refractivity contribution >= 4 is 33.9 Å². The minimum atomic E-state index is -0.458. The molecule has 0 fully saturated rings. The van der Waals surface area contributed by atoms with E-state index >= 15 is 4.39 Å². The smallest absolute Gasteiger partial charge is 0.155 e. The first-order valence-electron chi connectivity index (χ1n) is 12.6. The summed E-state index contributed by atoms with van der Waals surface area (Å²) in [6, 6.07) is 4.15. The van der Waals surface area contributed by atoms with Crippen LogP contribution in [0.5, 0.6) is 0 Å². The zero-order valence-corrected chi connectivity index (χ0v) is 24.8. The van der Waals surface area contributed by atoms with Crippen molar-refractivity contribution in [3.8, 4) is 23.3 Å². The molecule has 0 aromatic carbocycles. The number of hydrogen-bond acceptors (Lipinski definition) is 6. The third-order valence-electron chi connectivity index (χ3n) is 6.05. The molecule has 40 heavy (non-hydrogen) atoms. The number of nitrogens with zero attached hydrogens (tertiary/aromatic N) is 3. The molecular weight excluding hydrogens is 517 g/mol. The standard InChI is InChI=1S/C31H36FN5S.C2H2/c1-9-22(18-37(7)8)14-23(10-2)31-30(32)24(26(33)16-35-31)13-20(5)36-27-17-34-15-25(21(27)6)29-12-11-28(38-29)19(3)4;1-2/h9-12,14-17,36H,1,3,5,13,18,33H2,2,4,6-8H3;1-2H/b22-14+,23-10+;. The van der Waals surface area contributed by atoms with Gasteiger partial charge in [0.1, 0.15) is 5.69 Å². The van der Waals surface area contributed by atoms with Gasteiger partial charge in [0.2, 0.25) is 0 Å². The number of rotatable bonds is 11. The fourth-order valence-corrected chi connectivity index (χ4v) is 5.00. The molecule has 208 valence electrons. The molecule has 0 unspecified atom stereocenters. The quantitative estimate of drug-likeness (QED) is 0.187. The van der Waals surface area contributed by atoms with Gasteiger partial charge < -0.3 is 16.0 Å². The molecule has 0 radical (unpaired) electrons. The van der Waals surface area contributed by atoms with Crippen molar-refractivity contribution in [1.82, 2.24) is 14.9 Å². The van der Waals surface area contributed by atoms with E-state index in [4.69, 9.17) is 5.73 Å². The van der Waals surface area contributed by atoms with Crippen LogP contribution in [0.15, 0.2) is 80.0 Å². The molecule has 0 atom stereocenters. The highest BCUT2D eigenvalue weighted by atomic mass is 32.1. The molecule has 3 aromatic rings. The normalized spacial score (nSPS) is 11.5. The second-order valence-electron chi connectivity index (χ2n) is 9.47. The van der Waals surface area contributed by atoms with Gasteiger partial charge in [0.05, 0.1) is 23.8 Å². The number of nitrogens with two attached hydrogens (primary N) is 1. The molecule has 3 heterocycles. The summed E-state index contributed by atoms with van der Waals surface area (Å²) in [7, 11) is 3.94. The Kier molecular flexibility index (Phi) is 11.8. The summed E-state index contributed by atoms with van der Waals surface area (Å²) in [5, 5.41) is 3.32. The number of thiophene rings is 1. The molecule has 0 aliphatic rings. The topological polar surface area (TPSA) is 67.1 Å². The second kappa shape index (κ2) is 14.8. The summed E-state index contributed by atoms with van der Waals surface area (Å²) in [6.45, 7) is 18.6. The van der Waals surface area contributed by atoms with Gasteiger partial charge in [-0.05, 0) is 75.4 Å². The molecule has 0 saturated carbocycles. The van der Waals surface area contributed by atoms with Crippen molar-refractivity contribution in [2.75, 3.05) is 31.7 Å². The predicted molar refractivity (Wildman–Crippen MR) is 172 cm³/mol. The maximum absolute atomic E-state index is 15.8. The number of anilines is 2. The first-order valence-corrected chi connectivity index (χ1v) is 13.4. The summed E-state index contributed by atoms with van der Waals surface area (Å²) in [6.07, 6.45) is 18.8. The van der Waals surface area contributed by atoms with E-state index < -0.39 is 5.82 Å². The number of aromatic nitrogens is 2. The third-order valence-corrected chi connectivity index (χ3v) is 7.33. The Morgan fingerprint density at radius 3 is 2.48 bits per heavy atom. The molecule has 0 bridgehead atoms. The van der Waals surface area contributed by atoms with E-state index in [2.05, 4.69) is 60.0 Å². The highest BCUT2D eigenvalue weighted by Crippen LogP contribution is 2.35. The summed E-state index contributed by atoms with van der Waals surface area (Å²) >= 11 is 1.68. The van der Waals surface area contributed by atoms with Crippen LogP contribution in [0.25, 0.3) is 21.6 Å². The van der Waals surface area contributed by atoms with E-state index in [1.165, 1.54) is 6.20 Å². The van der Waals surface area contributed by atoms with E-state index in [-0.39, 0.29) is 17.8 Å². The maximum Gasteiger partial charge on any atom is 0.155 e. The monoisotopic (exact) mass is 555 g/mol. The van der Waals surface area contributed by atoms with E-state index in [0.29, 0.717) is 23.4 Å². The second-order valence-corrected chi connectivity index (χ2v) is 10.6. The SMILES string of the molecule is C#C.C=C/C(=C\C(=C/C)c1ncc(N)c(CC(=C)Nc2cncc(-c3ccc(C(=C)C)s3)c2C)c1F)CN(C)C. The summed E-state index contributed by atoms with van der Waals surface area (Å²) in [5.41, 5.74) is 13.2. The molecule has 0 saturated heterocycles.